The molecule has 1 aromatic rings. The predicted molar refractivity (Wildman–Crippen MR) is 117 cm³/mol. The van der Waals surface area contributed by atoms with Crippen molar-refractivity contribution in [3.05, 3.63) is 29.8 Å². The molecule has 0 fully saturated rings. The fourth-order valence-electron chi connectivity index (χ4n) is 3.02. The Bertz CT molecular complexity index is 531. The molecule has 1 rings (SSSR count). The summed E-state index contributed by atoms with van der Waals surface area (Å²) in [6.45, 7) is 4.29. The number of rotatable bonds is 13. The highest BCUT2D eigenvalue weighted by Crippen LogP contribution is 2.12. The second-order valence-corrected chi connectivity index (χ2v) is 7.57. The molecule has 0 aliphatic rings. The van der Waals surface area contributed by atoms with E-state index in [1.165, 1.54) is 57.8 Å². The van der Waals surface area contributed by atoms with E-state index in [-0.39, 0.29) is 5.91 Å². The number of aryl methyl sites for hydroxylation is 1. The van der Waals surface area contributed by atoms with Crippen molar-refractivity contribution >= 4 is 28.9 Å². The summed E-state index contributed by atoms with van der Waals surface area (Å²) in [5.41, 5.74) is 2.06. The lowest BCUT2D eigenvalue weighted by Gasteiger charge is -2.10. The van der Waals surface area contributed by atoms with Crippen molar-refractivity contribution in [2.45, 2.75) is 90.9 Å². The standard InChI is InChI=1S/C22H36N2OS/c1-3-4-5-6-7-8-9-10-11-12-13-17-21(25)24-22(26)23-20-16-14-15-19(2)18-20/h14-16,18H,3-13,17H2,1-2H3,(H2,23,24,25,26). The zero-order valence-corrected chi connectivity index (χ0v) is 17.4. The lowest BCUT2D eigenvalue weighted by molar-refractivity contribution is -0.119. The van der Waals surface area contributed by atoms with E-state index in [4.69, 9.17) is 12.2 Å². The molecule has 2 N–H and O–H groups in total. The molecule has 0 radical (unpaired) electrons. The van der Waals surface area contributed by atoms with Gasteiger partial charge in [0.2, 0.25) is 5.91 Å². The van der Waals surface area contributed by atoms with Crippen LogP contribution in [0.5, 0.6) is 0 Å². The van der Waals surface area contributed by atoms with Gasteiger partial charge in [0, 0.05) is 12.1 Å². The van der Waals surface area contributed by atoms with Gasteiger partial charge in [-0.15, -0.1) is 0 Å². The summed E-state index contributed by atoms with van der Waals surface area (Å²) in [6.07, 6.45) is 14.7. The molecule has 146 valence electrons. The van der Waals surface area contributed by atoms with Crippen LogP contribution in [-0.4, -0.2) is 11.0 Å². The fourth-order valence-corrected chi connectivity index (χ4v) is 3.26. The molecule has 0 bridgehead atoms. The van der Waals surface area contributed by atoms with E-state index in [1.54, 1.807) is 0 Å². The van der Waals surface area contributed by atoms with Gasteiger partial charge < -0.3 is 10.6 Å². The summed E-state index contributed by atoms with van der Waals surface area (Å²) in [5.74, 6) is 0.00563. The summed E-state index contributed by atoms with van der Waals surface area (Å²) in [6, 6.07) is 7.93. The van der Waals surface area contributed by atoms with E-state index >= 15 is 0 Å². The van der Waals surface area contributed by atoms with Crippen molar-refractivity contribution < 1.29 is 4.79 Å². The highest BCUT2D eigenvalue weighted by molar-refractivity contribution is 7.80. The number of hydrogen-bond acceptors (Lipinski definition) is 2. The van der Waals surface area contributed by atoms with E-state index in [0.29, 0.717) is 11.5 Å². The van der Waals surface area contributed by atoms with E-state index in [9.17, 15) is 4.79 Å². The Labute approximate surface area is 165 Å². The van der Waals surface area contributed by atoms with Crippen LogP contribution in [0.1, 0.15) is 89.5 Å². The normalized spacial score (nSPS) is 10.5. The van der Waals surface area contributed by atoms with Crippen molar-refractivity contribution in [1.29, 1.82) is 0 Å². The van der Waals surface area contributed by atoms with Crippen molar-refractivity contribution in [3.8, 4) is 0 Å². The first-order valence-electron chi connectivity index (χ1n) is 10.3. The van der Waals surface area contributed by atoms with Crippen LogP contribution in [0.4, 0.5) is 5.69 Å². The Morgan fingerprint density at radius 1 is 0.923 bits per heavy atom. The van der Waals surface area contributed by atoms with Gasteiger partial charge in [-0.25, -0.2) is 0 Å². The Kier molecular flexibility index (Phi) is 12.8. The molecule has 0 unspecified atom stereocenters. The van der Waals surface area contributed by atoms with Gasteiger partial charge in [0.05, 0.1) is 0 Å². The minimum Gasteiger partial charge on any atom is -0.332 e. The molecule has 0 aliphatic heterocycles. The Morgan fingerprint density at radius 3 is 2.08 bits per heavy atom. The number of amides is 1. The van der Waals surface area contributed by atoms with Gasteiger partial charge in [-0.05, 0) is 43.3 Å². The van der Waals surface area contributed by atoms with Crippen molar-refractivity contribution in [2.75, 3.05) is 5.32 Å². The first-order chi connectivity index (χ1) is 12.6. The molecule has 26 heavy (non-hydrogen) atoms. The minimum atomic E-state index is 0.00563. The molecule has 3 nitrogen and oxygen atoms in total. The quantitative estimate of drug-likeness (QED) is 0.304. The fraction of sp³-hybridized carbons (Fsp3) is 0.636. The van der Waals surface area contributed by atoms with Gasteiger partial charge >= 0.3 is 0 Å². The Hall–Kier alpha value is -1.42. The van der Waals surface area contributed by atoms with E-state index in [2.05, 4.69) is 17.6 Å². The second kappa shape index (κ2) is 14.7. The van der Waals surface area contributed by atoms with Gasteiger partial charge in [0.1, 0.15) is 0 Å². The summed E-state index contributed by atoms with van der Waals surface area (Å²) < 4.78 is 0. The highest BCUT2D eigenvalue weighted by atomic mass is 32.1. The molecule has 0 aromatic heterocycles. The summed E-state index contributed by atoms with van der Waals surface area (Å²) in [4.78, 5) is 11.9. The molecule has 0 spiro atoms. The van der Waals surface area contributed by atoms with Gasteiger partial charge in [-0.1, -0.05) is 83.3 Å². The zero-order chi connectivity index (χ0) is 19.0. The van der Waals surface area contributed by atoms with E-state index in [1.807, 2.05) is 31.2 Å². The molecule has 1 aromatic carbocycles. The average molecular weight is 377 g/mol. The molecular weight excluding hydrogens is 340 g/mol. The molecule has 0 saturated heterocycles. The summed E-state index contributed by atoms with van der Waals surface area (Å²) in [7, 11) is 0. The third kappa shape index (κ3) is 12.0. The number of anilines is 1. The molecular formula is C22H36N2OS. The van der Waals surface area contributed by atoms with Crippen LogP contribution in [0.25, 0.3) is 0 Å². The number of nitrogens with one attached hydrogen (secondary N) is 2. The van der Waals surface area contributed by atoms with Crippen molar-refractivity contribution in [2.24, 2.45) is 0 Å². The van der Waals surface area contributed by atoms with Gasteiger partial charge in [0.15, 0.2) is 5.11 Å². The topological polar surface area (TPSA) is 41.1 Å². The number of thiocarbonyl (C=S) groups is 1. The lowest BCUT2D eigenvalue weighted by atomic mass is 10.1. The molecule has 0 atom stereocenters. The number of unbranched alkanes of at least 4 members (excludes halogenated alkanes) is 10. The smallest absolute Gasteiger partial charge is 0.226 e. The SMILES string of the molecule is CCCCCCCCCCCCCC(=O)NC(=S)Nc1cccc(C)c1. The molecule has 0 saturated carbocycles. The first-order valence-corrected chi connectivity index (χ1v) is 10.7. The van der Waals surface area contributed by atoms with Crippen molar-refractivity contribution in [1.82, 2.24) is 5.32 Å². The maximum absolute atomic E-state index is 11.9. The molecule has 1 amide bonds. The van der Waals surface area contributed by atoms with Crippen LogP contribution >= 0.6 is 12.2 Å². The largest absolute Gasteiger partial charge is 0.332 e. The van der Waals surface area contributed by atoms with Crippen LogP contribution in [0.15, 0.2) is 24.3 Å². The lowest BCUT2D eigenvalue weighted by Crippen LogP contribution is -2.33. The van der Waals surface area contributed by atoms with Crippen LogP contribution < -0.4 is 10.6 Å². The van der Waals surface area contributed by atoms with Gasteiger partial charge in [-0.3, -0.25) is 4.79 Å². The van der Waals surface area contributed by atoms with Gasteiger partial charge in [-0.2, -0.15) is 0 Å². The maximum atomic E-state index is 11.9. The van der Waals surface area contributed by atoms with E-state index in [0.717, 1.165) is 24.1 Å². The number of hydrogen-bond donors (Lipinski definition) is 2. The maximum Gasteiger partial charge on any atom is 0.226 e. The Balaban J connectivity index is 1.97. The Morgan fingerprint density at radius 2 is 1.50 bits per heavy atom. The zero-order valence-electron chi connectivity index (χ0n) is 16.6. The predicted octanol–water partition coefficient (Wildman–Crippen LogP) is 6.51. The molecule has 4 heteroatoms. The van der Waals surface area contributed by atoms with E-state index < -0.39 is 0 Å². The van der Waals surface area contributed by atoms with Crippen LogP contribution in [0, 0.1) is 6.92 Å². The highest BCUT2D eigenvalue weighted by Gasteiger charge is 2.05. The molecule has 0 heterocycles. The van der Waals surface area contributed by atoms with Crippen LogP contribution in [-0.2, 0) is 4.79 Å². The number of carbonyl (C=O) groups is 1. The van der Waals surface area contributed by atoms with Crippen LogP contribution in [0.2, 0.25) is 0 Å². The number of benzene rings is 1. The number of carbonyl (C=O) groups excluding carboxylic acids is 1. The minimum absolute atomic E-state index is 0.00563. The summed E-state index contributed by atoms with van der Waals surface area (Å²) in [5, 5.41) is 6.20. The molecule has 0 aliphatic carbocycles. The van der Waals surface area contributed by atoms with Crippen molar-refractivity contribution in [3.63, 3.8) is 0 Å². The first kappa shape index (κ1) is 22.6. The average Bonchev–Trinajstić information content (AvgIpc) is 2.59. The third-order valence-corrected chi connectivity index (χ3v) is 4.74. The van der Waals surface area contributed by atoms with Crippen LogP contribution in [0.3, 0.4) is 0 Å². The second-order valence-electron chi connectivity index (χ2n) is 7.16. The summed E-state index contributed by atoms with van der Waals surface area (Å²) >= 11 is 5.20. The third-order valence-electron chi connectivity index (χ3n) is 4.54. The monoisotopic (exact) mass is 376 g/mol. The van der Waals surface area contributed by atoms with Gasteiger partial charge in [0.25, 0.3) is 0 Å².